The first kappa shape index (κ1) is 13.7. The lowest BCUT2D eigenvalue weighted by atomic mass is 10.1. The maximum absolute atomic E-state index is 11.0. The van der Waals surface area contributed by atoms with Gasteiger partial charge in [0.1, 0.15) is 0 Å². The van der Waals surface area contributed by atoms with E-state index in [0.717, 1.165) is 17.2 Å². The standard InChI is InChI=1S/C18H19NO2/c1-12-5-6-16(18(20)21)10-17(12)19-11-13-3-2-4-15(9-13)14-7-8-14/h2-6,9-10,14,19H,7-8,11H2,1H3,(H,20,21). The number of carboxylic acids is 1. The van der Waals surface area contributed by atoms with Gasteiger partial charge in [-0.25, -0.2) is 4.79 Å². The van der Waals surface area contributed by atoms with E-state index in [9.17, 15) is 4.79 Å². The van der Waals surface area contributed by atoms with Gasteiger partial charge in [0.25, 0.3) is 0 Å². The van der Waals surface area contributed by atoms with Crippen LogP contribution < -0.4 is 5.32 Å². The van der Waals surface area contributed by atoms with Gasteiger partial charge >= 0.3 is 5.97 Å². The predicted octanol–water partition coefficient (Wildman–Crippen LogP) is 4.18. The maximum atomic E-state index is 11.0. The van der Waals surface area contributed by atoms with Gasteiger partial charge in [0, 0.05) is 12.2 Å². The van der Waals surface area contributed by atoms with Gasteiger partial charge in [0.05, 0.1) is 5.56 Å². The Morgan fingerprint density at radius 2 is 2.05 bits per heavy atom. The highest BCUT2D eigenvalue weighted by Crippen LogP contribution is 2.40. The molecule has 1 aliphatic rings. The highest BCUT2D eigenvalue weighted by molar-refractivity contribution is 5.89. The fraction of sp³-hybridized carbons (Fsp3) is 0.278. The zero-order valence-electron chi connectivity index (χ0n) is 12.1. The summed E-state index contributed by atoms with van der Waals surface area (Å²) in [5, 5.41) is 12.4. The fourth-order valence-electron chi connectivity index (χ4n) is 2.52. The average Bonchev–Trinajstić information content (AvgIpc) is 3.31. The average molecular weight is 281 g/mol. The maximum Gasteiger partial charge on any atom is 0.335 e. The Bertz CT molecular complexity index is 675. The Morgan fingerprint density at radius 1 is 1.24 bits per heavy atom. The van der Waals surface area contributed by atoms with Gasteiger partial charge < -0.3 is 10.4 Å². The summed E-state index contributed by atoms with van der Waals surface area (Å²) in [5.74, 6) is -0.143. The van der Waals surface area contributed by atoms with Gasteiger partial charge in [-0.05, 0) is 54.5 Å². The number of benzene rings is 2. The van der Waals surface area contributed by atoms with Crippen LogP contribution in [0.5, 0.6) is 0 Å². The Kier molecular flexibility index (Phi) is 3.65. The summed E-state index contributed by atoms with van der Waals surface area (Å²) in [6, 6.07) is 13.8. The molecule has 0 aliphatic heterocycles. The molecule has 0 saturated heterocycles. The molecular weight excluding hydrogens is 262 g/mol. The van der Waals surface area contributed by atoms with Crippen molar-refractivity contribution < 1.29 is 9.90 Å². The molecule has 3 heteroatoms. The van der Waals surface area contributed by atoms with E-state index in [1.165, 1.54) is 24.0 Å². The lowest BCUT2D eigenvalue weighted by Gasteiger charge is -2.11. The second-order valence-electron chi connectivity index (χ2n) is 5.71. The Labute approximate surface area is 124 Å². The van der Waals surface area contributed by atoms with Gasteiger partial charge in [-0.1, -0.05) is 30.3 Å². The molecular formula is C18H19NO2. The van der Waals surface area contributed by atoms with E-state index in [0.29, 0.717) is 12.1 Å². The van der Waals surface area contributed by atoms with Crippen LogP contribution in [0.1, 0.15) is 45.8 Å². The van der Waals surface area contributed by atoms with Crippen molar-refractivity contribution in [3.05, 3.63) is 64.7 Å². The highest BCUT2D eigenvalue weighted by Gasteiger charge is 2.23. The molecule has 0 aromatic heterocycles. The number of carboxylic acid groups (broad SMARTS) is 1. The summed E-state index contributed by atoms with van der Waals surface area (Å²) >= 11 is 0. The van der Waals surface area contributed by atoms with E-state index in [4.69, 9.17) is 5.11 Å². The summed E-state index contributed by atoms with van der Waals surface area (Å²) in [6.07, 6.45) is 2.60. The van der Waals surface area contributed by atoms with Crippen LogP contribution in [0.25, 0.3) is 0 Å². The van der Waals surface area contributed by atoms with Crippen LogP contribution in [0.2, 0.25) is 0 Å². The molecule has 1 saturated carbocycles. The van der Waals surface area contributed by atoms with Crippen molar-refractivity contribution in [1.82, 2.24) is 0 Å². The van der Waals surface area contributed by atoms with Gasteiger partial charge in [0.2, 0.25) is 0 Å². The lowest BCUT2D eigenvalue weighted by molar-refractivity contribution is 0.0697. The smallest absolute Gasteiger partial charge is 0.335 e. The first-order valence-electron chi connectivity index (χ1n) is 7.30. The summed E-state index contributed by atoms with van der Waals surface area (Å²) in [7, 11) is 0. The summed E-state index contributed by atoms with van der Waals surface area (Å²) < 4.78 is 0. The zero-order chi connectivity index (χ0) is 14.8. The minimum atomic E-state index is -0.895. The number of aromatic carboxylic acids is 1. The third-order valence-corrected chi connectivity index (χ3v) is 3.97. The topological polar surface area (TPSA) is 49.3 Å². The Hall–Kier alpha value is -2.29. The molecule has 0 amide bonds. The summed E-state index contributed by atoms with van der Waals surface area (Å²) in [6.45, 7) is 2.69. The number of hydrogen-bond acceptors (Lipinski definition) is 2. The van der Waals surface area contributed by atoms with Crippen molar-refractivity contribution >= 4 is 11.7 Å². The van der Waals surface area contributed by atoms with E-state index in [-0.39, 0.29) is 0 Å². The van der Waals surface area contributed by atoms with Gasteiger partial charge in [-0.2, -0.15) is 0 Å². The molecule has 0 bridgehead atoms. The Balaban J connectivity index is 1.73. The third-order valence-electron chi connectivity index (χ3n) is 3.97. The van der Waals surface area contributed by atoms with Crippen LogP contribution in [0.15, 0.2) is 42.5 Å². The van der Waals surface area contributed by atoms with Gasteiger partial charge in [-0.15, -0.1) is 0 Å². The van der Waals surface area contributed by atoms with E-state index >= 15 is 0 Å². The number of nitrogens with one attached hydrogen (secondary N) is 1. The number of aryl methyl sites for hydroxylation is 1. The lowest BCUT2D eigenvalue weighted by Crippen LogP contribution is -2.04. The molecule has 108 valence electrons. The normalized spacial score (nSPS) is 14.0. The van der Waals surface area contributed by atoms with Gasteiger partial charge in [-0.3, -0.25) is 0 Å². The van der Waals surface area contributed by atoms with Crippen LogP contribution in [-0.4, -0.2) is 11.1 Å². The van der Waals surface area contributed by atoms with Crippen molar-refractivity contribution in [3.63, 3.8) is 0 Å². The minimum Gasteiger partial charge on any atom is -0.478 e. The van der Waals surface area contributed by atoms with Crippen molar-refractivity contribution in [2.24, 2.45) is 0 Å². The van der Waals surface area contributed by atoms with Crippen LogP contribution in [0.4, 0.5) is 5.69 Å². The quantitative estimate of drug-likeness (QED) is 0.864. The van der Waals surface area contributed by atoms with E-state index < -0.39 is 5.97 Å². The summed E-state index contributed by atoms with van der Waals surface area (Å²) in [5.41, 5.74) is 4.91. The van der Waals surface area contributed by atoms with Crippen LogP contribution >= 0.6 is 0 Å². The molecule has 0 atom stereocenters. The molecule has 3 nitrogen and oxygen atoms in total. The second-order valence-corrected chi connectivity index (χ2v) is 5.71. The molecule has 1 fully saturated rings. The SMILES string of the molecule is Cc1ccc(C(=O)O)cc1NCc1cccc(C2CC2)c1. The second kappa shape index (κ2) is 5.60. The number of anilines is 1. The molecule has 0 radical (unpaired) electrons. The van der Waals surface area contributed by atoms with Crippen molar-refractivity contribution in [3.8, 4) is 0 Å². The number of hydrogen-bond donors (Lipinski definition) is 2. The van der Waals surface area contributed by atoms with E-state index in [1.807, 2.05) is 13.0 Å². The van der Waals surface area contributed by atoms with E-state index in [1.54, 1.807) is 12.1 Å². The van der Waals surface area contributed by atoms with Crippen LogP contribution in [0.3, 0.4) is 0 Å². The molecule has 2 N–H and O–H groups in total. The number of rotatable bonds is 5. The molecule has 2 aromatic rings. The molecule has 0 unspecified atom stereocenters. The summed E-state index contributed by atoms with van der Waals surface area (Å²) in [4.78, 5) is 11.0. The largest absolute Gasteiger partial charge is 0.478 e. The predicted molar refractivity (Wildman–Crippen MR) is 83.9 cm³/mol. The molecule has 0 heterocycles. The van der Waals surface area contributed by atoms with Gasteiger partial charge in [0.15, 0.2) is 0 Å². The fourth-order valence-corrected chi connectivity index (χ4v) is 2.52. The molecule has 21 heavy (non-hydrogen) atoms. The van der Waals surface area contributed by atoms with E-state index in [2.05, 4.69) is 29.6 Å². The molecule has 3 rings (SSSR count). The first-order chi connectivity index (χ1) is 10.1. The van der Waals surface area contributed by atoms with Crippen molar-refractivity contribution in [1.29, 1.82) is 0 Å². The molecule has 0 spiro atoms. The van der Waals surface area contributed by atoms with Crippen LogP contribution in [0, 0.1) is 6.92 Å². The monoisotopic (exact) mass is 281 g/mol. The Morgan fingerprint density at radius 3 is 2.76 bits per heavy atom. The highest BCUT2D eigenvalue weighted by atomic mass is 16.4. The van der Waals surface area contributed by atoms with Crippen LogP contribution in [-0.2, 0) is 6.54 Å². The minimum absolute atomic E-state index is 0.315. The first-order valence-corrected chi connectivity index (χ1v) is 7.30. The third kappa shape index (κ3) is 3.24. The zero-order valence-corrected chi connectivity index (χ0v) is 12.1. The molecule has 2 aromatic carbocycles. The molecule has 1 aliphatic carbocycles. The van der Waals surface area contributed by atoms with Crippen molar-refractivity contribution in [2.75, 3.05) is 5.32 Å². The number of carbonyl (C=O) groups is 1. The van der Waals surface area contributed by atoms with Crippen molar-refractivity contribution in [2.45, 2.75) is 32.2 Å².